The average molecular weight is 250 g/mol. The lowest BCUT2D eigenvalue weighted by atomic mass is 10.1. The lowest BCUT2D eigenvalue weighted by molar-refractivity contribution is 0.414. The van der Waals surface area contributed by atoms with Gasteiger partial charge in [-0.15, -0.1) is 0 Å². The van der Waals surface area contributed by atoms with Gasteiger partial charge in [0.15, 0.2) is 5.17 Å². The fourth-order valence-corrected chi connectivity index (χ4v) is 2.53. The smallest absolute Gasteiger partial charge is 0.156 e. The van der Waals surface area contributed by atoms with E-state index >= 15 is 0 Å². The van der Waals surface area contributed by atoms with Gasteiger partial charge in [0.2, 0.25) is 0 Å². The minimum atomic E-state index is 0.911. The highest BCUT2D eigenvalue weighted by Crippen LogP contribution is 2.12. The first-order valence-corrected chi connectivity index (χ1v) is 6.91. The van der Waals surface area contributed by atoms with Crippen molar-refractivity contribution < 1.29 is 4.74 Å². The monoisotopic (exact) mass is 250 g/mol. The molecule has 0 saturated heterocycles. The predicted octanol–water partition coefficient (Wildman–Crippen LogP) is 2.32. The zero-order chi connectivity index (χ0) is 11.9. The second-order valence-electron chi connectivity index (χ2n) is 3.91. The van der Waals surface area contributed by atoms with E-state index in [0.29, 0.717) is 0 Å². The van der Waals surface area contributed by atoms with E-state index in [0.717, 1.165) is 30.4 Å². The summed E-state index contributed by atoms with van der Waals surface area (Å²) in [6.45, 7) is 1.91. The Morgan fingerprint density at radius 1 is 1.35 bits per heavy atom. The maximum Gasteiger partial charge on any atom is 0.156 e. The third-order valence-corrected chi connectivity index (χ3v) is 3.69. The van der Waals surface area contributed by atoms with Gasteiger partial charge in [-0.25, -0.2) is 0 Å². The molecule has 2 rings (SSSR count). The summed E-state index contributed by atoms with van der Waals surface area (Å²) in [5.74, 6) is 2.10. The molecular weight excluding hydrogens is 232 g/mol. The van der Waals surface area contributed by atoms with Gasteiger partial charge in [-0.2, -0.15) is 0 Å². The molecule has 4 heteroatoms. The Labute approximate surface area is 107 Å². The first kappa shape index (κ1) is 12.3. The van der Waals surface area contributed by atoms with Crippen molar-refractivity contribution in [1.29, 1.82) is 0 Å². The van der Waals surface area contributed by atoms with Crippen molar-refractivity contribution in [2.75, 3.05) is 26.0 Å². The van der Waals surface area contributed by atoms with E-state index in [1.807, 2.05) is 23.9 Å². The van der Waals surface area contributed by atoms with Crippen LogP contribution in [0.4, 0.5) is 0 Å². The summed E-state index contributed by atoms with van der Waals surface area (Å²) in [5.41, 5.74) is 1.32. The van der Waals surface area contributed by atoms with Crippen LogP contribution in [-0.4, -0.2) is 31.1 Å². The van der Waals surface area contributed by atoms with E-state index in [9.17, 15) is 0 Å². The summed E-state index contributed by atoms with van der Waals surface area (Å²) in [5, 5.41) is 4.48. The first-order valence-electron chi connectivity index (χ1n) is 5.92. The molecular formula is C13H18N2OS. The van der Waals surface area contributed by atoms with Crippen LogP contribution in [0.1, 0.15) is 12.0 Å². The zero-order valence-corrected chi connectivity index (χ0v) is 10.9. The molecule has 1 aromatic rings. The van der Waals surface area contributed by atoms with Crippen molar-refractivity contribution >= 4 is 16.9 Å². The second-order valence-corrected chi connectivity index (χ2v) is 5.00. The number of rotatable bonds is 4. The SMILES string of the molecule is COc1ccc(CCNC2=NCCCS2)cc1. The molecule has 0 aromatic heterocycles. The Morgan fingerprint density at radius 3 is 2.82 bits per heavy atom. The molecule has 1 heterocycles. The molecule has 0 aliphatic carbocycles. The summed E-state index contributed by atoms with van der Waals surface area (Å²) < 4.78 is 5.13. The number of aliphatic imine (C=N–C) groups is 1. The fourth-order valence-electron chi connectivity index (χ4n) is 1.67. The highest BCUT2D eigenvalue weighted by molar-refractivity contribution is 8.13. The number of nitrogens with one attached hydrogen (secondary N) is 1. The van der Waals surface area contributed by atoms with E-state index in [1.54, 1.807) is 7.11 Å². The number of methoxy groups -OCH3 is 1. The highest BCUT2D eigenvalue weighted by Gasteiger charge is 2.04. The van der Waals surface area contributed by atoms with Crippen LogP contribution >= 0.6 is 11.8 Å². The molecule has 17 heavy (non-hydrogen) atoms. The molecule has 1 aliphatic rings. The molecule has 1 N–H and O–H groups in total. The van der Waals surface area contributed by atoms with Gasteiger partial charge in [0.25, 0.3) is 0 Å². The number of amidine groups is 1. The number of hydrogen-bond donors (Lipinski definition) is 1. The topological polar surface area (TPSA) is 33.6 Å². The van der Waals surface area contributed by atoms with Gasteiger partial charge in [0, 0.05) is 18.8 Å². The second kappa shape index (κ2) is 6.55. The van der Waals surface area contributed by atoms with Crippen LogP contribution in [0.25, 0.3) is 0 Å². The van der Waals surface area contributed by atoms with Crippen molar-refractivity contribution in [3.63, 3.8) is 0 Å². The van der Waals surface area contributed by atoms with E-state index < -0.39 is 0 Å². The quantitative estimate of drug-likeness (QED) is 0.890. The number of hydrogen-bond acceptors (Lipinski definition) is 4. The Balaban J connectivity index is 1.75. The Hall–Kier alpha value is -1.16. The standard InChI is InChI=1S/C13H18N2OS/c1-16-12-5-3-11(4-6-12)7-9-15-13-14-8-2-10-17-13/h3-6H,2,7-10H2,1H3,(H,14,15). The Bertz CT molecular complexity index is 376. The van der Waals surface area contributed by atoms with E-state index in [1.165, 1.54) is 17.7 Å². The minimum absolute atomic E-state index is 0.911. The van der Waals surface area contributed by atoms with Crippen molar-refractivity contribution in [2.45, 2.75) is 12.8 Å². The van der Waals surface area contributed by atoms with Crippen LogP contribution in [-0.2, 0) is 6.42 Å². The van der Waals surface area contributed by atoms with Crippen molar-refractivity contribution in [2.24, 2.45) is 4.99 Å². The van der Waals surface area contributed by atoms with Crippen LogP contribution in [0.15, 0.2) is 29.3 Å². The molecule has 3 nitrogen and oxygen atoms in total. The van der Waals surface area contributed by atoms with Crippen LogP contribution in [0.5, 0.6) is 5.75 Å². The number of thioether (sulfide) groups is 1. The molecule has 0 fully saturated rings. The summed E-state index contributed by atoms with van der Waals surface area (Å²) in [6.07, 6.45) is 2.22. The third-order valence-electron chi connectivity index (χ3n) is 2.65. The molecule has 0 spiro atoms. The zero-order valence-electron chi connectivity index (χ0n) is 10.1. The van der Waals surface area contributed by atoms with Gasteiger partial charge in [0.1, 0.15) is 5.75 Å². The molecule has 0 atom stereocenters. The summed E-state index contributed by atoms with van der Waals surface area (Å²) in [7, 11) is 1.69. The predicted molar refractivity (Wildman–Crippen MR) is 74.1 cm³/mol. The third kappa shape index (κ3) is 3.97. The molecule has 0 radical (unpaired) electrons. The Kier molecular flexibility index (Phi) is 4.74. The maximum absolute atomic E-state index is 5.13. The van der Waals surface area contributed by atoms with Crippen molar-refractivity contribution in [1.82, 2.24) is 5.32 Å². The van der Waals surface area contributed by atoms with Crippen LogP contribution in [0, 0.1) is 0 Å². The summed E-state index contributed by atoms with van der Waals surface area (Å²) >= 11 is 1.82. The van der Waals surface area contributed by atoms with Gasteiger partial charge in [-0.3, -0.25) is 4.99 Å². The van der Waals surface area contributed by atoms with Gasteiger partial charge in [0.05, 0.1) is 7.11 Å². The lowest BCUT2D eigenvalue weighted by Crippen LogP contribution is -2.25. The van der Waals surface area contributed by atoms with Crippen molar-refractivity contribution in [3.8, 4) is 5.75 Å². The number of benzene rings is 1. The van der Waals surface area contributed by atoms with E-state index in [4.69, 9.17) is 4.74 Å². The normalized spacial score (nSPS) is 15.2. The van der Waals surface area contributed by atoms with Gasteiger partial charge in [-0.05, 0) is 30.5 Å². The molecule has 0 amide bonds. The Morgan fingerprint density at radius 2 is 2.18 bits per heavy atom. The van der Waals surface area contributed by atoms with Gasteiger partial charge in [-0.1, -0.05) is 23.9 Å². The van der Waals surface area contributed by atoms with Gasteiger partial charge >= 0.3 is 0 Å². The number of nitrogens with zero attached hydrogens (tertiary/aromatic N) is 1. The molecule has 0 unspecified atom stereocenters. The van der Waals surface area contributed by atoms with Crippen LogP contribution in [0.3, 0.4) is 0 Å². The average Bonchev–Trinajstić information content (AvgIpc) is 2.41. The molecule has 1 aromatic carbocycles. The molecule has 0 saturated carbocycles. The molecule has 92 valence electrons. The largest absolute Gasteiger partial charge is 0.497 e. The fraction of sp³-hybridized carbons (Fsp3) is 0.462. The van der Waals surface area contributed by atoms with Crippen molar-refractivity contribution in [3.05, 3.63) is 29.8 Å². The van der Waals surface area contributed by atoms with Gasteiger partial charge < -0.3 is 10.1 Å². The minimum Gasteiger partial charge on any atom is -0.497 e. The summed E-state index contributed by atoms with van der Waals surface area (Å²) in [6, 6.07) is 8.22. The first-order chi connectivity index (χ1) is 8.38. The summed E-state index contributed by atoms with van der Waals surface area (Å²) in [4.78, 5) is 4.44. The highest BCUT2D eigenvalue weighted by atomic mass is 32.2. The van der Waals surface area contributed by atoms with E-state index in [2.05, 4.69) is 22.4 Å². The lowest BCUT2D eigenvalue weighted by Gasteiger charge is -2.13. The molecule has 1 aliphatic heterocycles. The molecule has 0 bridgehead atoms. The van der Waals surface area contributed by atoms with E-state index in [-0.39, 0.29) is 0 Å². The maximum atomic E-state index is 5.13. The van der Waals surface area contributed by atoms with Crippen LogP contribution in [0.2, 0.25) is 0 Å². The number of ether oxygens (including phenoxy) is 1. The van der Waals surface area contributed by atoms with Crippen LogP contribution < -0.4 is 10.1 Å².